The van der Waals surface area contributed by atoms with Gasteiger partial charge in [0.05, 0.1) is 12.2 Å². The Morgan fingerprint density at radius 2 is 1.88 bits per heavy atom. The van der Waals surface area contributed by atoms with Crippen LogP contribution in [0, 0.1) is 0 Å². The summed E-state index contributed by atoms with van der Waals surface area (Å²) < 4.78 is 5.75. The third-order valence-corrected chi connectivity index (χ3v) is 4.27. The van der Waals surface area contributed by atoms with Gasteiger partial charge in [0.1, 0.15) is 5.75 Å². The van der Waals surface area contributed by atoms with E-state index in [-0.39, 0.29) is 11.9 Å². The van der Waals surface area contributed by atoms with Crippen LogP contribution in [0.3, 0.4) is 0 Å². The van der Waals surface area contributed by atoms with E-state index in [1.54, 1.807) is 0 Å². The first-order chi connectivity index (χ1) is 11.6. The minimum absolute atomic E-state index is 0.0440. The van der Waals surface area contributed by atoms with E-state index in [2.05, 4.69) is 37.9 Å². The second-order valence-corrected chi connectivity index (χ2v) is 6.24. The standard InChI is InChI=1S/C20H34N2O2/c1-5-8-16-24-19-14-10-9-13-18(19)20(23)21-17(4)12-11-15-22(6-2)7-3/h9-10,13-14,17H,5-8,11-12,15-16H2,1-4H3,(H,21,23)/t17-/m1/s1. The lowest BCUT2D eigenvalue weighted by Crippen LogP contribution is -2.34. The van der Waals surface area contributed by atoms with Gasteiger partial charge in [0.2, 0.25) is 0 Å². The van der Waals surface area contributed by atoms with Gasteiger partial charge in [-0.05, 0) is 58.0 Å². The average molecular weight is 335 g/mol. The molecule has 0 bridgehead atoms. The molecule has 4 nitrogen and oxygen atoms in total. The van der Waals surface area contributed by atoms with Gasteiger partial charge in [-0.3, -0.25) is 4.79 Å². The number of hydrogen-bond acceptors (Lipinski definition) is 3. The lowest BCUT2D eigenvalue weighted by Gasteiger charge is -2.20. The van der Waals surface area contributed by atoms with Crippen LogP contribution in [0.4, 0.5) is 0 Å². The number of nitrogens with zero attached hydrogens (tertiary/aromatic N) is 1. The van der Waals surface area contributed by atoms with E-state index < -0.39 is 0 Å². The lowest BCUT2D eigenvalue weighted by molar-refractivity contribution is 0.0933. The fourth-order valence-corrected chi connectivity index (χ4v) is 2.64. The van der Waals surface area contributed by atoms with Crippen LogP contribution in [0.1, 0.15) is 63.7 Å². The first kappa shape index (κ1) is 20.5. The van der Waals surface area contributed by atoms with Gasteiger partial charge in [0, 0.05) is 6.04 Å². The molecule has 1 aromatic rings. The molecule has 1 N–H and O–H groups in total. The topological polar surface area (TPSA) is 41.6 Å². The maximum Gasteiger partial charge on any atom is 0.255 e. The van der Waals surface area contributed by atoms with Gasteiger partial charge in [0.25, 0.3) is 5.91 Å². The van der Waals surface area contributed by atoms with Crippen molar-refractivity contribution in [3.05, 3.63) is 29.8 Å². The number of unbranched alkanes of at least 4 members (excludes halogenated alkanes) is 1. The highest BCUT2D eigenvalue weighted by atomic mass is 16.5. The minimum Gasteiger partial charge on any atom is -0.493 e. The zero-order chi connectivity index (χ0) is 17.8. The Balaban J connectivity index is 2.49. The number of nitrogens with one attached hydrogen (secondary N) is 1. The van der Waals surface area contributed by atoms with Crippen molar-refractivity contribution in [3.8, 4) is 5.75 Å². The van der Waals surface area contributed by atoms with E-state index in [0.717, 1.165) is 45.3 Å². The quantitative estimate of drug-likeness (QED) is 0.585. The average Bonchev–Trinajstić information content (AvgIpc) is 2.59. The molecule has 0 unspecified atom stereocenters. The maximum atomic E-state index is 12.5. The summed E-state index contributed by atoms with van der Waals surface area (Å²) in [4.78, 5) is 14.9. The van der Waals surface area contributed by atoms with Crippen LogP contribution in [0.5, 0.6) is 5.75 Å². The van der Waals surface area contributed by atoms with Gasteiger partial charge in [-0.2, -0.15) is 0 Å². The highest BCUT2D eigenvalue weighted by Crippen LogP contribution is 2.18. The molecule has 0 heterocycles. The van der Waals surface area contributed by atoms with Crippen molar-refractivity contribution in [3.63, 3.8) is 0 Å². The third kappa shape index (κ3) is 7.35. The third-order valence-electron chi connectivity index (χ3n) is 4.27. The van der Waals surface area contributed by atoms with Crippen molar-refractivity contribution >= 4 is 5.91 Å². The van der Waals surface area contributed by atoms with E-state index in [4.69, 9.17) is 4.74 Å². The molecule has 0 saturated carbocycles. The molecule has 0 spiro atoms. The molecular formula is C20H34N2O2. The van der Waals surface area contributed by atoms with E-state index in [9.17, 15) is 4.79 Å². The first-order valence-corrected chi connectivity index (χ1v) is 9.37. The number of ether oxygens (including phenoxy) is 1. The molecule has 0 fully saturated rings. The maximum absolute atomic E-state index is 12.5. The SMILES string of the molecule is CCCCOc1ccccc1C(=O)N[C@H](C)CCCN(CC)CC. The molecule has 24 heavy (non-hydrogen) atoms. The van der Waals surface area contributed by atoms with Crippen molar-refractivity contribution in [1.29, 1.82) is 0 Å². The van der Waals surface area contributed by atoms with Crippen LogP contribution in [-0.2, 0) is 0 Å². The molecule has 1 aromatic carbocycles. The van der Waals surface area contributed by atoms with Crippen LogP contribution >= 0.6 is 0 Å². The van der Waals surface area contributed by atoms with Crippen molar-refractivity contribution in [2.75, 3.05) is 26.2 Å². The molecule has 136 valence electrons. The van der Waals surface area contributed by atoms with Gasteiger partial charge in [-0.15, -0.1) is 0 Å². The fraction of sp³-hybridized carbons (Fsp3) is 0.650. The van der Waals surface area contributed by atoms with Crippen molar-refractivity contribution < 1.29 is 9.53 Å². The molecule has 1 atom stereocenters. The summed E-state index contributed by atoms with van der Waals surface area (Å²) in [6, 6.07) is 7.66. The van der Waals surface area contributed by atoms with Gasteiger partial charge in [0.15, 0.2) is 0 Å². The highest BCUT2D eigenvalue weighted by Gasteiger charge is 2.14. The number of amides is 1. The molecule has 1 rings (SSSR count). The molecule has 1 amide bonds. The van der Waals surface area contributed by atoms with E-state index in [1.165, 1.54) is 0 Å². The zero-order valence-corrected chi connectivity index (χ0v) is 15.8. The number of benzene rings is 1. The van der Waals surface area contributed by atoms with E-state index in [0.29, 0.717) is 17.9 Å². The van der Waals surface area contributed by atoms with Crippen LogP contribution in [-0.4, -0.2) is 43.1 Å². The summed E-state index contributed by atoms with van der Waals surface area (Å²) >= 11 is 0. The summed E-state index contributed by atoms with van der Waals surface area (Å²) in [6.07, 6.45) is 4.16. The Labute approximate surface area is 147 Å². The number of hydrogen-bond donors (Lipinski definition) is 1. The Bertz CT molecular complexity index is 472. The summed E-state index contributed by atoms with van der Waals surface area (Å²) in [6.45, 7) is 12.5. The lowest BCUT2D eigenvalue weighted by atomic mass is 10.1. The van der Waals surface area contributed by atoms with Crippen LogP contribution in [0.25, 0.3) is 0 Å². The molecule has 0 aliphatic rings. The fourth-order valence-electron chi connectivity index (χ4n) is 2.64. The van der Waals surface area contributed by atoms with Gasteiger partial charge < -0.3 is 15.0 Å². The number of carbonyl (C=O) groups excluding carboxylic acids is 1. The summed E-state index contributed by atoms with van der Waals surface area (Å²) in [5.74, 6) is 0.635. The predicted octanol–water partition coefficient (Wildman–Crippen LogP) is 4.11. The Hall–Kier alpha value is -1.55. The second-order valence-electron chi connectivity index (χ2n) is 6.24. The normalized spacial score (nSPS) is 12.2. The summed E-state index contributed by atoms with van der Waals surface area (Å²) in [5.41, 5.74) is 0.629. The monoisotopic (exact) mass is 334 g/mol. The van der Waals surface area contributed by atoms with Crippen LogP contribution < -0.4 is 10.1 Å². The minimum atomic E-state index is -0.0440. The number of rotatable bonds is 12. The molecule has 0 aliphatic heterocycles. The van der Waals surface area contributed by atoms with Crippen LogP contribution in [0.15, 0.2) is 24.3 Å². The molecule has 0 aromatic heterocycles. The molecule has 0 saturated heterocycles. The molecule has 0 radical (unpaired) electrons. The molecular weight excluding hydrogens is 300 g/mol. The van der Waals surface area contributed by atoms with E-state index >= 15 is 0 Å². The Kier molecular flexibility index (Phi) is 10.2. The number of carbonyl (C=O) groups is 1. The Morgan fingerprint density at radius 3 is 2.54 bits per heavy atom. The van der Waals surface area contributed by atoms with E-state index in [1.807, 2.05) is 24.3 Å². The first-order valence-electron chi connectivity index (χ1n) is 9.37. The van der Waals surface area contributed by atoms with Gasteiger partial charge in [-0.1, -0.05) is 39.3 Å². The zero-order valence-electron chi connectivity index (χ0n) is 15.8. The highest BCUT2D eigenvalue weighted by molar-refractivity contribution is 5.97. The predicted molar refractivity (Wildman–Crippen MR) is 101 cm³/mol. The van der Waals surface area contributed by atoms with Crippen molar-refractivity contribution in [2.24, 2.45) is 0 Å². The summed E-state index contributed by atoms with van der Waals surface area (Å²) in [7, 11) is 0. The summed E-state index contributed by atoms with van der Waals surface area (Å²) in [5, 5.41) is 3.10. The smallest absolute Gasteiger partial charge is 0.255 e. The second kappa shape index (κ2) is 11.9. The van der Waals surface area contributed by atoms with Gasteiger partial charge in [-0.25, -0.2) is 0 Å². The molecule has 4 heteroatoms. The molecule has 0 aliphatic carbocycles. The van der Waals surface area contributed by atoms with Crippen LogP contribution in [0.2, 0.25) is 0 Å². The van der Waals surface area contributed by atoms with Gasteiger partial charge >= 0.3 is 0 Å². The van der Waals surface area contributed by atoms with Crippen molar-refractivity contribution in [1.82, 2.24) is 10.2 Å². The number of para-hydroxylation sites is 1. The largest absolute Gasteiger partial charge is 0.493 e. The Morgan fingerprint density at radius 1 is 1.17 bits per heavy atom. The van der Waals surface area contributed by atoms with Crippen molar-refractivity contribution in [2.45, 2.75) is 59.4 Å².